The van der Waals surface area contributed by atoms with Crippen molar-refractivity contribution in [1.82, 2.24) is 14.3 Å². The summed E-state index contributed by atoms with van der Waals surface area (Å²) in [6.45, 7) is 4.11. The zero-order valence-electron chi connectivity index (χ0n) is 20.9. The van der Waals surface area contributed by atoms with Crippen molar-refractivity contribution in [2.45, 2.75) is 25.9 Å². The van der Waals surface area contributed by atoms with Crippen molar-refractivity contribution in [2.24, 2.45) is 0 Å². The first-order valence-corrected chi connectivity index (χ1v) is 13.3. The number of aromatic nitrogens is 2. The predicted octanol–water partition coefficient (Wildman–Crippen LogP) is 6.41. The molecule has 2 amide bonds. The van der Waals surface area contributed by atoms with Gasteiger partial charge < -0.3 is 24.3 Å². The summed E-state index contributed by atoms with van der Waals surface area (Å²) in [6, 6.07) is 5.08. The maximum absolute atomic E-state index is 13.5. The molecular weight excluding hydrogens is 636 g/mol. The summed E-state index contributed by atoms with van der Waals surface area (Å²) in [5, 5.41) is 2.83. The van der Waals surface area contributed by atoms with Crippen LogP contribution in [0.1, 0.15) is 24.1 Å². The molecule has 0 spiro atoms. The zero-order chi connectivity index (χ0) is 27.9. The second-order valence-electron chi connectivity index (χ2n) is 9.52. The van der Waals surface area contributed by atoms with Gasteiger partial charge in [-0.25, -0.2) is 18.6 Å². The molecule has 1 saturated heterocycles. The Morgan fingerprint density at radius 3 is 2.62 bits per heavy atom. The minimum atomic E-state index is -4.33. The fraction of sp³-hybridized carbons (Fsp3) is 0.385. The van der Waals surface area contributed by atoms with E-state index in [2.05, 4.69) is 32.9 Å². The number of nitrogens with one attached hydrogen (secondary N) is 1. The number of imidazole rings is 1. The van der Waals surface area contributed by atoms with Crippen molar-refractivity contribution < 1.29 is 31.5 Å². The predicted molar refractivity (Wildman–Crippen MR) is 145 cm³/mol. The van der Waals surface area contributed by atoms with Gasteiger partial charge in [0.05, 0.1) is 31.0 Å². The lowest BCUT2D eigenvalue weighted by molar-refractivity contribution is -0.127. The largest absolute Gasteiger partial charge is 0.392 e. The van der Waals surface area contributed by atoms with Gasteiger partial charge in [0.2, 0.25) is 0 Å². The Hall–Kier alpha value is -2.94. The molecule has 0 saturated carbocycles. The molecule has 2 aliphatic rings. The second-order valence-corrected chi connectivity index (χ2v) is 10.7. The molecule has 208 valence electrons. The minimum absolute atomic E-state index is 0.0900. The molecule has 7 nitrogen and oxygen atoms in total. The summed E-state index contributed by atoms with van der Waals surface area (Å²) in [5.74, 6) is 0. The molecule has 0 bridgehead atoms. The van der Waals surface area contributed by atoms with E-state index in [0.29, 0.717) is 43.3 Å². The van der Waals surface area contributed by atoms with Crippen molar-refractivity contribution >= 4 is 45.6 Å². The summed E-state index contributed by atoms with van der Waals surface area (Å²) in [7, 11) is 0. The number of amides is 2. The highest BCUT2D eigenvalue weighted by molar-refractivity contribution is 14.1. The fourth-order valence-electron chi connectivity index (χ4n) is 4.82. The number of ether oxygens (including phenoxy) is 1. The topological polar surface area (TPSA) is 62.1 Å². The Morgan fingerprint density at radius 1 is 1.18 bits per heavy atom. The molecule has 0 atom stereocenters. The van der Waals surface area contributed by atoms with Crippen LogP contribution in [0.15, 0.2) is 42.2 Å². The van der Waals surface area contributed by atoms with Gasteiger partial charge in [-0.2, -0.15) is 13.2 Å². The second kappa shape index (κ2) is 10.9. The Morgan fingerprint density at radius 2 is 1.92 bits per heavy atom. The highest BCUT2D eigenvalue weighted by atomic mass is 127. The number of nitrogens with zero attached hydrogens (tertiary/aromatic N) is 4. The van der Waals surface area contributed by atoms with Crippen LogP contribution in [0.25, 0.3) is 16.8 Å². The van der Waals surface area contributed by atoms with Crippen molar-refractivity contribution in [3.8, 4) is 11.1 Å². The first-order chi connectivity index (χ1) is 18.5. The molecule has 0 radical (unpaired) electrons. The first-order valence-electron chi connectivity index (χ1n) is 12.2. The van der Waals surface area contributed by atoms with Crippen molar-refractivity contribution in [1.29, 1.82) is 0 Å². The molecule has 1 aromatic carbocycles. The van der Waals surface area contributed by atoms with E-state index in [-0.39, 0.29) is 24.4 Å². The van der Waals surface area contributed by atoms with E-state index in [9.17, 15) is 26.7 Å². The van der Waals surface area contributed by atoms with Gasteiger partial charge in [0.15, 0.2) is 5.65 Å². The summed E-state index contributed by atoms with van der Waals surface area (Å²) in [4.78, 5) is 20.5. The SMILES string of the molecule is Cc1cc(I)c(NC(=O)N2CC=C(CC(F)(F)F)C2)cc1-c1cc(N2CCOCC2)c2nc(C(F)F)cn2c1. The van der Waals surface area contributed by atoms with E-state index in [4.69, 9.17) is 4.74 Å². The zero-order valence-corrected chi connectivity index (χ0v) is 23.0. The Kier molecular flexibility index (Phi) is 7.73. The van der Waals surface area contributed by atoms with Crippen LogP contribution in [0.2, 0.25) is 0 Å². The van der Waals surface area contributed by atoms with Crippen molar-refractivity contribution in [3.63, 3.8) is 0 Å². The first kappa shape index (κ1) is 27.6. The van der Waals surface area contributed by atoms with Crippen LogP contribution in [0.4, 0.5) is 38.1 Å². The van der Waals surface area contributed by atoms with E-state index in [1.54, 1.807) is 16.7 Å². The number of halogens is 6. The number of aryl methyl sites for hydroxylation is 1. The molecule has 0 unspecified atom stereocenters. The smallest absolute Gasteiger partial charge is 0.378 e. The molecule has 1 N–H and O–H groups in total. The number of urea groups is 1. The molecule has 2 aromatic heterocycles. The minimum Gasteiger partial charge on any atom is -0.378 e. The lowest BCUT2D eigenvalue weighted by atomic mass is 10.0. The average molecular weight is 661 g/mol. The van der Waals surface area contributed by atoms with Gasteiger partial charge in [0, 0.05) is 47.7 Å². The monoisotopic (exact) mass is 661 g/mol. The highest BCUT2D eigenvalue weighted by Gasteiger charge is 2.32. The number of carbonyl (C=O) groups is 1. The summed E-state index contributed by atoms with van der Waals surface area (Å²) in [5.41, 5.74) is 3.86. The number of hydrogen-bond acceptors (Lipinski definition) is 4. The summed E-state index contributed by atoms with van der Waals surface area (Å²) >= 11 is 2.09. The number of fused-ring (bicyclic) bond motifs is 1. The molecule has 13 heteroatoms. The molecule has 4 heterocycles. The van der Waals surface area contributed by atoms with Gasteiger partial charge in [0.1, 0.15) is 5.69 Å². The maximum atomic E-state index is 13.5. The normalized spacial score (nSPS) is 16.4. The van der Waals surface area contributed by atoms with Gasteiger partial charge >= 0.3 is 12.2 Å². The molecule has 5 rings (SSSR count). The Labute approximate surface area is 234 Å². The molecule has 39 heavy (non-hydrogen) atoms. The van der Waals surface area contributed by atoms with E-state index in [1.807, 2.05) is 24.0 Å². The third-order valence-corrected chi connectivity index (χ3v) is 7.59. The third kappa shape index (κ3) is 6.13. The lowest BCUT2D eigenvalue weighted by Crippen LogP contribution is -2.36. The number of carbonyl (C=O) groups excluding carboxylic acids is 1. The Balaban J connectivity index is 1.46. The van der Waals surface area contributed by atoms with Gasteiger partial charge in [-0.05, 0) is 64.4 Å². The quantitative estimate of drug-likeness (QED) is 0.195. The summed E-state index contributed by atoms with van der Waals surface area (Å²) in [6.07, 6.45) is -3.61. The van der Waals surface area contributed by atoms with Gasteiger partial charge in [-0.3, -0.25) is 0 Å². The summed E-state index contributed by atoms with van der Waals surface area (Å²) < 4.78 is 73.1. The fourth-order valence-corrected chi connectivity index (χ4v) is 5.57. The Bertz CT molecular complexity index is 1430. The van der Waals surface area contributed by atoms with Crippen LogP contribution >= 0.6 is 22.6 Å². The third-order valence-electron chi connectivity index (χ3n) is 6.70. The van der Waals surface area contributed by atoms with Crippen LogP contribution in [0.5, 0.6) is 0 Å². The van der Waals surface area contributed by atoms with E-state index < -0.39 is 25.1 Å². The van der Waals surface area contributed by atoms with Crippen LogP contribution in [0.3, 0.4) is 0 Å². The number of rotatable bonds is 5. The molecule has 1 fully saturated rings. The van der Waals surface area contributed by atoms with Crippen LogP contribution in [0, 0.1) is 10.5 Å². The van der Waals surface area contributed by atoms with Crippen molar-refractivity contribution in [3.05, 3.63) is 57.1 Å². The molecule has 2 aliphatic heterocycles. The van der Waals surface area contributed by atoms with Gasteiger partial charge in [0.25, 0.3) is 6.43 Å². The molecule has 0 aliphatic carbocycles. The molecule has 3 aromatic rings. The van der Waals surface area contributed by atoms with E-state index in [1.165, 1.54) is 17.2 Å². The average Bonchev–Trinajstić information content (AvgIpc) is 3.52. The number of benzene rings is 1. The highest BCUT2D eigenvalue weighted by Crippen LogP contribution is 2.35. The lowest BCUT2D eigenvalue weighted by Gasteiger charge is -2.29. The number of pyridine rings is 1. The van der Waals surface area contributed by atoms with Crippen molar-refractivity contribution in [2.75, 3.05) is 49.6 Å². The number of anilines is 2. The van der Waals surface area contributed by atoms with Gasteiger partial charge in [-0.1, -0.05) is 6.08 Å². The maximum Gasteiger partial charge on any atom is 0.392 e. The van der Waals surface area contributed by atoms with E-state index in [0.717, 1.165) is 20.3 Å². The number of hydrogen-bond donors (Lipinski definition) is 1. The van der Waals surface area contributed by atoms with E-state index >= 15 is 0 Å². The number of morpholine rings is 1. The van der Waals surface area contributed by atoms with Crippen LogP contribution in [-0.4, -0.2) is 65.9 Å². The van der Waals surface area contributed by atoms with Crippen LogP contribution < -0.4 is 10.2 Å². The number of alkyl halides is 5. The molecular formula is C26H25F5IN5O2. The van der Waals surface area contributed by atoms with Crippen LogP contribution in [-0.2, 0) is 4.74 Å². The van der Waals surface area contributed by atoms with Gasteiger partial charge in [-0.15, -0.1) is 0 Å². The standard InChI is InChI=1S/C26H25F5IN5O2/c1-15-8-19(32)20(34-25(38)36-3-2-16(12-36)11-26(29,30)31)10-18(15)17-9-22(35-4-6-39-7-5-35)24-33-21(23(27)28)14-37(24)13-17/h2,8-10,13-14,23H,3-7,11-12H2,1H3,(H,34,38).